The van der Waals surface area contributed by atoms with Crippen LogP contribution in [0, 0.1) is 16.0 Å². The van der Waals surface area contributed by atoms with Crippen LogP contribution in [-0.4, -0.2) is 30.0 Å². The van der Waals surface area contributed by atoms with Crippen LogP contribution in [0.4, 0.5) is 0 Å². The first-order valence-electron chi connectivity index (χ1n) is 7.18. The second-order valence-electron chi connectivity index (χ2n) is 5.34. The molecule has 6 heteroatoms. The second kappa shape index (κ2) is 6.01. The summed E-state index contributed by atoms with van der Waals surface area (Å²) in [6.07, 6.45) is 0.338. The predicted octanol–water partition coefficient (Wildman–Crippen LogP) is 2.00. The number of nitrogens with zero attached hydrogens (tertiary/aromatic N) is 1. The van der Waals surface area contributed by atoms with Gasteiger partial charge in [-0.3, -0.25) is 14.9 Å². The molecule has 1 saturated carbocycles. The van der Waals surface area contributed by atoms with Gasteiger partial charge >= 0.3 is 0 Å². The summed E-state index contributed by atoms with van der Waals surface area (Å²) in [6, 6.07) is 13.1. The summed E-state index contributed by atoms with van der Waals surface area (Å²) in [6.45, 7) is 0.673. The van der Waals surface area contributed by atoms with E-state index in [1.807, 2.05) is 42.5 Å². The van der Waals surface area contributed by atoms with Crippen LogP contribution in [0.15, 0.2) is 42.5 Å². The van der Waals surface area contributed by atoms with Crippen molar-refractivity contribution in [3.8, 4) is 5.75 Å². The van der Waals surface area contributed by atoms with Crippen LogP contribution >= 0.6 is 0 Å². The van der Waals surface area contributed by atoms with Gasteiger partial charge in [0.15, 0.2) is 0 Å². The number of hydrogen-bond acceptors (Lipinski definition) is 4. The molecule has 1 amide bonds. The van der Waals surface area contributed by atoms with Gasteiger partial charge in [0, 0.05) is 11.3 Å². The topological polar surface area (TPSA) is 81.5 Å². The zero-order valence-electron chi connectivity index (χ0n) is 11.9. The fraction of sp³-hybridized carbons (Fsp3) is 0.312. The molecule has 1 aliphatic carbocycles. The molecule has 2 aromatic carbocycles. The van der Waals surface area contributed by atoms with E-state index < -0.39 is 16.9 Å². The zero-order chi connectivity index (χ0) is 15.5. The Bertz CT molecular complexity index is 716. The number of nitrogens with one attached hydrogen (secondary N) is 1. The Labute approximate surface area is 127 Å². The highest BCUT2D eigenvalue weighted by Crippen LogP contribution is 2.32. The van der Waals surface area contributed by atoms with E-state index in [0.29, 0.717) is 19.6 Å². The maximum atomic E-state index is 11.6. The first-order valence-corrected chi connectivity index (χ1v) is 7.18. The molecule has 0 saturated heterocycles. The lowest BCUT2D eigenvalue weighted by atomic mass is 10.1. The number of hydrogen-bond donors (Lipinski definition) is 1. The van der Waals surface area contributed by atoms with E-state index in [9.17, 15) is 14.9 Å². The Morgan fingerprint density at radius 1 is 1.27 bits per heavy atom. The maximum Gasteiger partial charge on any atom is 0.230 e. The highest BCUT2D eigenvalue weighted by atomic mass is 16.6. The summed E-state index contributed by atoms with van der Waals surface area (Å²) in [5.74, 6) is 0.00187. The number of carbonyl (C=O) groups excluding carboxylic acids is 1. The average molecular weight is 300 g/mol. The van der Waals surface area contributed by atoms with Crippen LogP contribution in [0.5, 0.6) is 5.75 Å². The predicted molar refractivity (Wildman–Crippen MR) is 81.3 cm³/mol. The van der Waals surface area contributed by atoms with Crippen LogP contribution in [0.2, 0.25) is 0 Å². The summed E-state index contributed by atoms with van der Waals surface area (Å²) < 4.78 is 5.59. The van der Waals surface area contributed by atoms with Crippen molar-refractivity contribution >= 4 is 16.7 Å². The lowest BCUT2D eigenvalue weighted by Gasteiger charge is -2.08. The van der Waals surface area contributed by atoms with Gasteiger partial charge in [-0.2, -0.15) is 0 Å². The third kappa shape index (κ3) is 3.16. The number of nitro groups is 1. The number of fused-ring (bicyclic) bond motifs is 1. The molecule has 22 heavy (non-hydrogen) atoms. The SMILES string of the molecule is O=C(NCCOc1ccc2ccccc2c1)C1CC1[N+](=O)[O-]. The van der Waals surface area contributed by atoms with Crippen molar-refractivity contribution in [1.82, 2.24) is 5.32 Å². The van der Waals surface area contributed by atoms with Crippen molar-refractivity contribution in [3.05, 3.63) is 52.6 Å². The first-order chi connectivity index (χ1) is 10.6. The molecule has 2 atom stereocenters. The minimum atomic E-state index is -0.707. The largest absolute Gasteiger partial charge is 0.492 e. The molecule has 6 nitrogen and oxygen atoms in total. The highest BCUT2D eigenvalue weighted by molar-refractivity contribution is 5.83. The summed E-state index contributed by atoms with van der Waals surface area (Å²) in [5, 5.41) is 15.4. The Morgan fingerprint density at radius 3 is 2.77 bits per heavy atom. The van der Waals surface area contributed by atoms with Gasteiger partial charge in [0.2, 0.25) is 11.9 Å². The van der Waals surface area contributed by atoms with Gasteiger partial charge in [0.1, 0.15) is 18.3 Å². The van der Waals surface area contributed by atoms with E-state index in [4.69, 9.17) is 4.74 Å². The van der Waals surface area contributed by atoms with Crippen LogP contribution in [-0.2, 0) is 4.79 Å². The van der Waals surface area contributed by atoms with Gasteiger partial charge in [0.25, 0.3) is 0 Å². The van der Waals surface area contributed by atoms with Gasteiger partial charge in [0.05, 0.1) is 6.54 Å². The standard InChI is InChI=1S/C16H16N2O4/c19-16(14-10-15(14)18(20)21)17-7-8-22-13-6-5-11-3-1-2-4-12(11)9-13/h1-6,9,14-15H,7-8,10H2,(H,17,19). The van der Waals surface area contributed by atoms with E-state index in [-0.39, 0.29) is 5.91 Å². The van der Waals surface area contributed by atoms with E-state index in [2.05, 4.69) is 5.32 Å². The Hall–Kier alpha value is -2.63. The highest BCUT2D eigenvalue weighted by Gasteiger charge is 2.53. The quantitative estimate of drug-likeness (QED) is 0.502. The van der Waals surface area contributed by atoms with E-state index in [1.165, 1.54) is 0 Å². The molecule has 2 aromatic rings. The van der Waals surface area contributed by atoms with Crippen LogP contribution in [0.1, 0.15) is 6.42 Å². The number of carbonyl (C=O) groups is 1. The number of benzene rings is 2. The Morgan fingerprint density at radius 2 is 2.05 bits per heavy atom. The lowest BCUT2D eigenvalue weighted by Crippen LogP contribution is -2.31. The number of rotatable bonds is 6. The van der Waals surface area contributed by atoms with Crippen LogP contribution in [0.3, 0.4) is 0 Å². The van der Waals surface area contributed by atoms with Crippen molar-refractivity contribution in [2.24, 2.45) is 5.92 Å². The van der Waals surface area contributed by atoms with Gasteiger partial charge in [-0.05, 0) is 22.9 Å². The molecule has 0 aliphatic heterocycles. The summed E-state index contributed by atoms with van der Waals surface area (Å²) in [5.41, 5.74) is 0. The lowest BCUT2D eigenvalue weighted by molar-refractivity contribution is -0.497. The molecule has 0 spiro atoms. The molecule has 1 fully saturated rings. The van der Waals surface area contributed by atoms with Gasteiger partial charge in [-0.25, -0.2) is 0 Å². The fourth-order valence-corrected chi connectivity index (χ4v) is 2.43. The normalized spacial score (nSPS) is 19.6. The monoisotopic (exact) mass is 300 g/mol. The number of amides is 1. The molecule has 3 rings (SSSR count). The zero-order valence-corrected chi connectivity index (χ0v) is 11.9. The third-order valence-corrected chi connectivity index (χ3v) is 3.76. The molecule has 1 aliphatic rings. The van der Waals surface area contributed by atoms with Crippen molar-refractivity contribution in [3.63, 3.8) is 0 Å². The van der Waals surface area contributed by atoms with Crippen LogP contribution in [0.25, 0.3) is 10.8 Å². The van der Waals surface area contributed by atoms with E-state index in [0.717, 1.165) is 16.5 Å². The maximum absolute atomic E-state index is 11.6. The minimum Gasteiger partial charge on any atom is -0.492 e. The smallest absolute Gasteiger partial charge is 0.230 e. The molecule has 0 aromatic heterocycles. The summed E-state index contributed by atoms with van der Waals surface area (Å²) >= 11 is 0. The van der Waals surface area contributed by atoms with E-state index in [1.54, 1.807) is 0 Å². The second-order valence-corrected chi connectivity index (χ2v) is 5.34. The average Bonchev–Trinajstić information content (AvgIpc) is 3.32. The molecular weight excluding hydrogens is 284 g/mol. The fourth-order valence-electron chi connectivity index (χ4n) is 2.43. The van der Waals surface area contributed by atoms with Crippen molar-refractivity contribution in [1.29, 1.82) is 0 Å². The first kappa shape index (κ1) is 14.3. The molecule has 0 bridgehead atoms. The van der Waals surface area contributed by atoms with Crippen LogP contribution < -0.4 is 10.1 Å². The number of ether oxygens (including phenoxy) is 1. The van der Waals surface area contributed by atoms with Crippen molar-refractivity contribution in [2.75, 3.05) is 13.2 Å². The molecule has 0 heterocycles. The van der Waals surface area contributed by atoms with E-state index >= 15 is 0 Å². The molecular formula is C16H16N2O4. The Balaban J connectivity index is 1.44. The summed E-state index contributed by atoms with van der Waals surface area (Å²) in [7, 11) is 0. The molecule has 0 radical (unpaired) electrons. The summed E-state index contributed by atoms with van der Waals surface area (Å²) in [4.78, 5) is 21.7. The van der Waals surface area contributed by atoms with Crippen molar-refractivity contribution < 1.29 is 14.5 Å². The molecule has 2 unspecified atom stereocenters. The van der Waals surface area contributed by atoms with Gasteiger partial charge in [-0.1, -0.05) is 30.3 Å². The Kier molecular flexibility index (Phi) is 3.91. The molecule has 1 N–H and O–H groups in total. The van der Waals surface area contributed by atoms with Gasteiger partial charge < -0.3 is 10.1 Å². The minimum absolute atomic E-state index is 0.260. The van der Waals surface area contributed by atoms with Gasteiger partial charge in [-0.15, -0.1) is 0 Å². The molecule has 114 valence electrons. The van der Waals surface area contributed by atoms with Crippen molar-refractivity contribution in [2.45, 2.75) is 12.5 Å². The third-order valence-electron chi connectivity index (χ3n) is 3.76.